The molecule has 2 amide bonds. The van der Waals surface area contributed by atoms with E-state index >= 15 is 0 Å². The number of hydrogen-bond acceptors (Lipinski definition) is 7. The highest BCUT2D eigenvalue weighted by molar-refractivity contribution is 8.26. The lowest BCUT2D eigenvalue weighted by Crippen LogP contribution is -2.31. The monoisotopic (exact) mass is 627 g/mol. The van der Waals surface area contributed by atoms with Crippen molar-refractivity contribution in [1.29, 1.82) is 0 Å². The highest BCUT2D eigenvalue weighted by Crippen LogP contribution is 2.36. The number of benzene rings is 3. The number of nitrogens with one attached hydrogen (secondary N) is 1. The number of carbonyl (C=O) groups is 3. The van der Waals surface area contributed by atoms with Crippen molar-refractivity contribution in [3.8, 4) is 16.9 Å². The highest BCUT2D eigenvalue weighted by Gasteiger charge is 2.32. The van der Waals surface area contributed by atoms with Crippen LogP contribution in [0.2, 0.25) is 5.02 Å². The number of carbonyl (C=O) groups excluding carboxylic acids is 2. The van der Waals surface area contributed by atoms with Crippen molar-refractivity contribution in [2.45, 2.75) is 6.42 Å². The summed E-state index contributed by atoms with van der Waals surface area (Å²) in [6.45, 7) is 1.18. The van der Waals surface area contributed by atoms with E-state index in [-0.39, 0.29) is 35.4 Å². The zero-order valence-corrected chi connectivity index (χ0v) is 25.1. The molecule has 0 saturated carbocycles. The van der Waals surface area contributed by atoms with Gasteiger partial charge in [0.25, 0.3) is 5.91 Å². The van der Waals surface area contributed by atoms with Crippen LogP contribution in [-0.4, -0.2) is 70.8 Å². The smallest absolute Gasteiger partial charge is 0.335 e. The lowest BCUT2D eigenvalue weighted by molar-refractivity contribution is -0.122. The van der Waals surface area contributed by atoms with E-state index in [4.69, 9.17) is 33.7 Å². The van der Waals surface area contributed by atoms with Crippen LogP contribution < -0.4 is 10.1 Å². The van der Waals surface area contributed by atoms with Crippen molar-refractivity contribution in [3.05, 3.63) is 87.5 Å². The lowest BCUT2D eigenvalue weighted by atomic mass is 10.0. The number of aromatic carboxylic acids is 1. The largest absolute Gasteiger partial charge is 0.492 e. The molecule has 42 heavy (non-hydrogen) atoms. The van der Waals surface area contributed by atoms with E-state index in [1.807, 2.05) is 31.1 Å². The van der Waals surface area contributed by atoms with Gasteiger partial charge in [-0.2, -0.15) is 0 Å². The molecule has 1 aliphatic heterocycles. The Morgan fingerprint density at radius 2 is 1.81 bits per heavy atom. The summed E-state index contributed by atoms with van der Waals surface area (Å²) in [5.41, 5.74) is 2.64. The molecule has 1 heterocycles. The van der Waals surface area contributed by atoms with Crippen LogP contribution in [-0.2, 0) is 9.59 Å². The summed E-state index contributed by atoms with van der Waals surface area (Å²) in [5.74, 6) is -1.70. The third-order valence-corrected chi connectivity index (χ3v) is 7.86. The SMILES string of the molecule is CN(C)CCOc1ccc(-c2ccc(F)c(Cl)c2)cc1/C=C1\SC(=S)N(CCC(=O)Nc2ccc(C(=O)O)cc2)C1=O. The Morgan fingerprint density at radius 1 is 1.12 bits per heavy atom. The van der Waals surface area contributed by atoms with Crippen LogP contribution in [0.3, 0.4) is 0 Å². The fourth-order valence-corrected chi connectivity index (χ4v) is 5.43. The van der Waals surface area contributed by atoms with Gasteiger partial charge in [-0.3, -0.25) is 14.5 Å². The van der Waals surface area contributed by atoms with E-state index in [0.29, 0.717) is 44.9 Å². The van der Waals surface area contributed by atoms with E-state index in [1.54, 1.807) is 18.2 Å². The third kappa shape index (κ3) is 7.95. The number of carboxylic acid groups (broad SMARTS) is 1. The molecule has 3 aromatic carbocycles. The summed E-state index contributed by atoms with van der Waals surface area (Å²) >= 11 is 12.6. The van der Waals surface area contributed by atoms with Crippen LogP contribution in [0.4, 0.5) is 10.1 Å². The molecule has 0 aliphatic carbocycles. The van der Waals surface area contributed by atoms with E-state index in [9.17, 15) is 18.8 Å². The first-order chi connectivity index (χ1) is 20.0. The normalized spacial score (nSPS) is 14.1. The Morgan fingerprint density at radius 3 is 2.48 bits per heavy atom. The first-order valence-corrected chi connectivity index (χ1v) is 14.4. The van der Waals surface area contributed by atoms with Crippen molar-refractivity contribution < 1.29 is 28.6 Å². The minimum absolute atomic E-state index is 0.00235. The molecule has 0 bridgehead atoms. The zero-order valence-electron chi connectivity index (χ0n) is 22.7. The van der Waals surface area contributed by atoms with Crippen molar-refractivity contribution in [3.63, 3.8) is 0 Å². The van der Waals surface area contributed by atoms with Crippen LogP contribution in [0.15, 0.2) is 65.6 Å². The summed E-state index contributed by atoms with van der Waals surface area (Å²) < 4.78 is 20.1. The van der Waals surface area contributed by atoms with Gasteiger partial charge in [0.2, 0.25) is 5.91 Å². The molecule has 0 unspecified atom stereocenters. The van der Waals surface area contributed by atoms with Gasteiger partial charge in [-0.25, -0.2) is 9.18 Å². The fraction of sp³-hybridized carbons (Fsp3) is 0.200. The van der Waals surface area contributed by atoms with Crippen LogP contribution in [0, 0.1) is 5.82 Å². The average Bonchev–Trinajstić information content (AvgIpc) is 3.21. The molecule has 1 aliphatic rings. The number of hydrogen-bond donors (Lipinski definition) is 2. The number of ether oxygens (including phenoxy) is 1. The summed E-state index contributed by atoms with van der Waals surface area (Å²) in [5, 5.41) is 11.7. The number of thiocarbonyl (C=S) groups is 1. The number of halogens is 2. The molecule has 8 nitrogen and oxygen atoms in total. The van der Waals surface area contributed by atoms with Gasteiger partial charge in [0.15, 0.2) is 0 Å². The van der Waals surface area contributed by atoms with Gasteiger partial charge in [0.1, 0.15) is 22.5 Å². The van der Waals surface area contributed by atoms with E-state index < -0.39 is 11.8 Å². The summed E-state index contributed by atoms with van der Waals surface area (Å²) in [6, 6.07) is 15.7. The maximum absolute atomic E-state index is 13.7. The number of likely N-dealkylation sites (N-methyl/N-ethyl adjacent to an activating group) is 1. The number of rotatable bonds is 11. The molecular formula is C30H27ClFN3O5S2. The molecule has 0 aromatic heterocycles. The van der Waals surface area contributed by atoms with Crippen molar-refractivity contribution in [2.75, 3.05) is 39.1 Å². The van der Waals surface area contributed by atoms with Crippen molar-refractivity contribution >= 4 is 69.4 Å². The van der Waals surface area contributed by atoms with Gasteiger partial charge < -0.3 is 20.1 Å². The van der Waals surface area contributed by atoms with Gasteiger partial charge in [-0.05, 0) is 79.8 Å². The third-order valence-electron chi connectivity index (χ3n) is 6.20. The maximum atomic E-state index is 13.7. The van der Waals surface area contributed by atoms with Crippen molar-refractivity contribution in [2.24, 2.45) is 0 Å². The molecule has 12 heteroatoms. The molecule has 1 fully saturated rings. The summed E-state index contributed by atoms with van der Waals surface area (Å²) in [4.78, 5) is 40.5. The molecule has 4 rings (SSSR count). The van der Waals surface area contributed by atoms with Crippen LogP contribution in [0.1, 0.15) is 22.3 Å². The molecule has 0 spiro atoms. The molecule has 1 saturated heterocycles. The van der Waals surface area contributed by atoms with Gasteiger partial charge >= 0.3 is 5.97 Å². The second-order valence-corrected chi connectivity index (χ2v) is 11.6. The molecule has 3 aromatic rings. The van der Waals surface area contributed by atoms with Crippen LogP contribution in [0.5, 0.6) is 5.75 Å². The first-order valence-electron chi connectivity index (χ1n) is 12.8. The molecular weight excluding hydrogens is 601 g/mol. The topological polar surface area (TPSA) is 99.2 Å². The predicted octanol–water partition coefficient (Wildman–Crippen LogP) is 6.01. The quantitative estimate of drug-likeness (QED) is 0.197. The maximum Gasteiger partial charge on any atom is 0.335 e. The Balaban J connectivity index is 1.50. The number of thioether (sulfide) groups is 1. The number of carboxylic acids is 1. The lowest BCUT2D eigenvalue weighted by Gasteiger charge is -2.15. The zero-order chi connectivity index (χ0) is 30.4. The first kappa shape index (κ1) is 31.2. The van der Waals surface area contributed by atoms with Crippen LogP contribution in [0.25, 0.3) is 17.2 Å². The van der Waals surface area contributed by atoms with E-state index in [1.165, 1.54) is 41.3 Å². The minimum Gasteiger partial charge on any atom is -0.492 e. The molecule has 0 radical (unpaired) electrons. The predicted molar refractivity (Wildman–Crippen MR) is 167 cm³/mol. The number of amides is 2. The molecule has 218 valence electrons. The van der Waals surface area contributed by atoms with E-state index in [0.717, 1.165) is 17.3 Å². The number of nitrogens with zero attached hydrogens (tertiary/aromatic N) is 2. The molecule has 0 atom stereocenters. The standard InChI is InChI=1S/C30H27ClFN3O5S2/c1-34(2)13-14-40-25-10-6-19(20-5-9-24(32)23(31)16-20)15-21(25)17-26-28(37)35(30(41)42-26)12-11-27(36)33-22-7-3-18(4-8-22)29(38)39/h3-10,15-17H,11-14H2,1-2H3,(H,33,36)(H,38,39)/b26-17-. The number of anilines is 1. The highest BCUT2D eigenvalue weighted by atomic mass is 35.5. The Hall–Kier alpha value is -3.77. The summed E-state index contributed by atoms with van der Waals surface area (Å²) in [6.07, 6.45) is 1.68. The second-order valence-electron chi connectivity index (χ2n) is 9.55. The average molecular weight is 628 g/mol. The summed E-state index contributed by atoms with van der Waals surface area (Å²) in [7, 11) is 3.87. The van der Waals surface area contributed by atoms with Gasteiger partial charge in [-0.1, -0.05) is 47.7 Å². The minimum atomic E-state index is -1.06. The Kier molecular flexibility index (Phi) is 10.3. The van der Waals surface area contributed by atoms with Crippen LogP contribution >= 0.6 is 35.6 Å². The van der Waals surface area contributed by atoms with Gasteiger partial charge in [0.05, 0.1) is 15.5 Å². The molecule has 2 N–H and O–H groups in total. The van der Waals surface area contributed by atoms with Gasteiger partial charge in [-0.15, -0.1) is 0 Å². The van der Waals surface area contributed by atoms with E-state index in [2.05, 4.69) is 5.32 Å². The Labute approximate surface area is 257 Å². The van der Waals surface area contributed by atoms with Crippen molar-refractivity contribution in [1.82, 2.24) is 9.80 Å². The Bertz CT molecular complexity index is 1560. The fourth-order valence-electron chi connectivity index (χ4n) is 3.95. The second kappa shape index (κ2) is 13.9. The van der Waals surface area contributed by atoms with Gasteiger partial charge in [0, 0.05) is 30.8 Å².